The maximum atomic E-state index is 5.17. The molecular formula is C10H15N4O3+. The molecule has 1 aromatic heterocycles. The van der Waals surface area contributed by atoms with Crippen molar-refractivity contribution in [3.8, 4) is 12.0 Å². The highest BCUT2D eigenvalue weighted by atomic mass is 16.5. The number of hydrogen-bond donors (Lipinski definition) is 0. The van der Waals surface area contributed by atoms with E-state index >= 15 is 0 Å². The molecule has 2 rings (SSSR count). The van der Waals surface area contributed by atoms with Gasteiger partial charge in [-0.1, -0.05) is 0 Å². The molecular weight excluding hydrogens is 224 g/mol. The Bertz CT molecular complexity index is 415. The third-order valence-electron chi connectivity index (χ3n) is 2.56. The highest BCUT2D eigenvalue weighted by Gasteiger charge is 2.30. The van der Waals surface area contributed by atoms with E-state index in [-0.39, 0.29) is 12.0 Å². The second-order valence-corrected chi connectivity index (χ2v) is 3.76. The largest absolute Gasteiger partial charge is 0.490 e. The van der Waals surface area contributed by atoms with Gasteiger partial charge in [-0.3, -0.25) is 0 Å². The molecule has 92 valence electrons. The molecule has 0 fully saturated rings. The molecule has 1 aliphatic rings. The highest BCUT2D eigenvalue weighted by molar-refractivity contribution is 5.31. The van der Waals surface area contributed by atoms with Crippen LogP contribution in [-0.2, 0) is 4.74 Å². The van der Waals surface area contributed by atoms with Gasteiger partial charge in [-0.05, 0) is 0 Å². The van der Waals surface area contributed by atoms with Gasteiger partial charge in [0.1, 0.15) is 25.6 Å². The zero-order valence-corrected chi connectivity index (χ0v) is 10.1. The standard InChI is InChI=1S/C10H15N4O3/c1-14(4-6-17-7-5-14)8-11-9(15-2)13-10(12-8)16-3/h4,6H,5,7H2,1-3H3/q+1. The zero-order chi connectivity index (χ0) is 12.3. The number of rotatable bonds is 3. The summed E-state index contributed by atoms with van der Waals surface area (Å²) in [6.45, 7) is 1.36. The van der Waals surface area contributed by atoms with Crippen molar-refractivity contribution in [2.75, 3.05) is 34.4 Å². The predicted molar refractivity (Wildman–Crippen MR) is 60.6 cm³/mol. The van der Waals surface area contributed by atoms with Gasteiger partial charge in [-0.15, -0.1) is 15.0 Å². The minimum absolute atomic E-state index is 0.242. The minimum Gasteiger partial charge on any atom is -0.490 e. The molecule has 1 unspecified atom stereocenters. The van der Waals surface area contributed by atoms with E-state index in [9.17, 15) is 0 Å². The predicted octanol–water partition coefficient (Wildman–Crippen LogP) is 0.327. The van der Waals surface area contributed by atoms with Gasteiger partial charge in [0.15, 0.2) is 0 Å². The van der Waals surface area contributed by atoms with Crippen LogP contribution in [0.15, 0.2) is 12.5 Å². The molecule has 0 amide bonds. The van der Waals surface area contributed by atoms with Gasteiger partial charge in [0.05, 0.1) is 21.3 Å². The van der Waals surface area contributed by atoms with E-state index in [4.69, 9.17) is 14.2 Å². The summed E-state index contributed by atoms with van der Waals surface area (Å²) in [5, 5.41) is 0. The van der Waals surface area contributed by atoms with E-state index in [0.29, 0.717) is 17.0 Å². The molecule has 7 nitrogen and oxygen atoms in total. The first-order chi connectivity index (χ1) is 8.18. The molecule has 2 heterocycles. The summed E-state index contributed by atoms with van der Waals surface area (Å²) in [4.78, 5) is 12.4. The second-order valence-electron chi connectivity index (χ2n) is 3.76. The molecule has 17 heavy (non-hydrogen) atoms. The maximum absolute atomic E-state index is 5.17. The molecule has 0 spiro atoms. The Kier molecular flexibility index (Phi) is 3.10. The molecule has 0 N–H and O–H groups in total. The van der Waals surface area contributed by atoms with Gasteiger partial charge in [-0.25, -0.2) is 4.48 Å². The Morgan fingerprint density at radius 2 is 1.82 bits per heavy atom. The number of nitrogens with zero attached hydrogens (tertiary/aromatic N) is 4. The van der Waals surface area contributed by atoms with Crippen LogP contribution in [0, 0.1) is 0 Å². The van der Waals surface area contributed by atoms with Crippen molar-refractivity contribution >= 4 is 5.95 Å². The molecule has 0 radical (unpaired) electrons. The molecule has 0 aliphatic carbocycles. The van der Waals surface area contributed by atoms with E-state index < -0.39 is 0 Å². The summed E-state index contributed by atoms with van der Waals surface area (Å²) in [6.07, 6.45) is 3.52. The van der Waals surface area contributed by atoms with Crippen LogP contribution in [-0.4, -0.2) is 49.4 Å². The Balaban J connectivity index is 2.43. The first-order valence-electron chi connectivity index (χ1n) is 5.17. The van der Waals surface area contributed by atoms with Gasteiger partial charge in [-0.2, -0.15) is 0 Å². The van der Waals surface area contributed by atoms with Crippen molar-refractivity contribution in [1.29, 1.82) is 0 Å². The lowest BCUT2D eigenvalue weighted by molar-refractivity contribution is 0.183. The summed E-state index contributed by atoms with van der Waals surface area (Å²) in [7, 11) is 4.99. The van der Waals surface area contributed by atoms with Gasteiger partial charge >= 0.3 is 18.0 Å². The van der Waals surface area contributed by atoms with Crippen molar-refractivity contribution < 1.29 is 14.2 Å². The fourth-order valence-corrected chi connectivity index (χ4v) is 1.47. The molecule has 0 saturated carbocycles. The van der Waals surface area contributed by atoms with Crippen LogP contribution in [0.4, 0.5) is 5.95 Å². The molecule has 0 saturated heterocycles. The molecule has 7 heteroatoms. The summed E-state index contributed by atoms with van der Waals surface area (Å²) in [5.41, 5.74) is 0. The quantitative estimate of drug-likeness (QED) is 0.708. The first-order valence-corrected chi connectivity index (χ1v) is 5.17. The number of likely N-dealkylation sites (N-methyl/N-ethyl adjacent to an activating group) is 1. The summed E-state index contributed by atoms with van der Waals surface area (Å²) < 4.78 is 15.6. The molecule has 1 aromatic rings. The highest BCUT2D eigenvalue weighted by Crippen LogP contribution is 2.22. The number of aromatic nitrogens is 3. The van der Waals surface area contributed by atoms with Gasteiger partial charge < -0.3 is 14.2 Å². The Hall–Kier alpha value is -1.89. The molecule has 0 bridgehead atoms. The third kappa shape index (κ3) is 2.28. The van der Waals surface area contributed by atoms with Crippen molar-refractivity contribution in [3.63, 3.8) is 0 Å². The van der Waals surface area contributed by atoms with Crippen molar-refractivity contribution in [2.45, 2.75) is 0 Å². The molecule has 0 aromatic carbocycles. The van der Waals surface area contributed by atoms with E-state index in [0.717, 1.165) is 6.54 Å². The van der Waals surface area contributed by atoms with Crippen molar-refractivity contribution in [2.24, 2.45) is 0 Å². The molecule has 1 atom stereocenters. The average molecular weight is 239 g/mol. The van der Waals surface area contributed by atoms with Gasteiger partial charge in [0.25, 0.3) is 0 Å². The monoisotopic (exact) mass is 239 g/mol. The van der Waals surface area contributed by atoms with Crippen LogP contribution in [0.5, 0.6) is 12.0 Å². The number of ether oxygens (including phenoxy) is 3. The van der Waals surface area contributed by atoms with Crippen LogP contribution < -0.4 is 14.0 Å². The lowest BCUT2D eigenvalue weighted by atomic mass is 10.4. The van der Waals surface area contributed by atoms with Crippen molar-refractivity contribution in [1.82, 2.24) is 19.4 Å². The van der Waals surface area contributed by atoms with E-state index in [1.807, 2.05) is 13.2 Å². The Morgan fingerprint density at radius 3 is 2.29 bits per heavy atom. The fourth-order valence-electron chi connectivity index (χ4n) is 1.47. The van der Waals surface area contributed by atoms with E-state index in [1.54, 1.807) is 6.26 Å². The smallest absolute Gasteiger partial charge is 0.342 e. The number of methoxy groups -OCH3 is 2. The van der Waals surface area contributed by atoms with E-state index in [1.165, 1.54) is 14.2 Å². The van der Waals surface area contributed by atoms with Gasteiger partial charge in [0, 0.05) is 0 Å². The normalized spacial score (nSPS) is 23.0. The Labute approximate surface area is 99.3 Å². The van der Waals surface area contributed by atoms with E-state index in [2.05, 4.69) is 15.0 Å². The van der Waals surface area contributed by atoms with Crippen LogP contribution in [0.3, 0.4) is 0 Å². The minimum atomic E-state index is 0.242. The topological polar surface area (TPSA) is 66.4 Å². The first kappa shape index (κ1) is 11.6. The SMILES string of the molecule is COc1nc(OC)nc([N+]2(C)C=COCC2)n1. The second kappa shape index (κ2) is 4.54. The van der Waals surface area contributed by atoms with Crippen LogP contribution in [0.2, 0.25) is 0 Å². The lowest BCUT2D eigenvalue weighted by Gasteiger charge is -2.29. The summed E-state index contributed by atoms with van der Waals surface area (Å²) in [5.74, 6) is 0.563. The number of quaternary nitrogens is 1. The lowest BCUT2D eigenvalue weighted by Crippen LogP contribution is -2.45. The summed E-state index contributed by atoms with van der Waals surface area (Å²) in [6, 6.07) is 0.484. The zero-order valence-electron chi connectivity index (χ0n) is 10.1. The van der Waals surface area contributed by atoms with Gasteiger partial charge in [0.2, 0.25) is 0 Å². The Morgan fingerprint density at radius 1 is 1.18 bits per heavy atom. The van der Waals surface area contributed by atoms with Crippen LogP contribution in [0.1, 0.15) is 0 Å². The van der Waals surface area contributed by atoms with Crippen LogP contribution in [0.25, 0.3) is 0 Å². The average Bonchev–Trinajstić information content (AvgIpc) is 2.39. The fraction of sp³-hybridized carbons (Fsp3) is 0.500. The maximum Gasteiger partial charge on any atom is 0.342 e. The van der Waals surface area contributed by atoms with Crippen LogP contribution >= 0.6 is 0 Å². The number of hydrogen-bond acceptors (Lipinski definition) is 6. The molecule has 1 aliphatic heterocycles. The van der Waals surface area contributed by atoms with Crippen molar-refractivity contribution in [3.05, 3.63) is 12.5 Å². The third-order valence-corrected chi connectivity index (χ3v) is 2.56. The summed E-state index contributed by atoms with van der Waals surface area (Å²) >= 11 is 0.